The number of aromatic nitrogens is 1. The standard InChI is InChI=1S/C14H24BrN3O/c1-10(2)16-7-12-6-13(15)8-17-14(12)18(4)11(3)9-19-5/h6,8,10-11,16H,7,9H2,1-5H3. The number of ether oxygens (including phenoxy) is 1. The molecule has 19 heavy (non-hydrogen) atoms. The normalized spacial score (nSPS) is 12.8. The number of nitrogens with zero attached hydrogens (tertiary/aromatic N) is 2. The first kappa shape index (κ1) is 16.4. The third kappa shape index (κ3) is 5.09. The molecule has 1 N–H and O–H groups in total. The Balaban J connectivity index is 2.91. The van der Waals surface area contributed by atoms with Crippen LogP contribution >= 0.6 is 15.9 Å². The maximum atomic E-state index is 5.21. The van der Waals surface area contributed by atoms with Gasteiger partial charge in [0.05, 0.1) is 12.6 Å². The maximum Gasteiger partial charge on any atom is 0.133 e. The lowest BCUT2D eigenvalue weighted by atomic mass is 10.2. The van der Waals surface area contributed by atoms with E-state index in [0.29, 0.717) is 12.6 Å². The van der Waals surface area contributed by atoms with Crippen LogP contribution in [0.1, 0.15) is 26.3 Å². The molecule has 1 unspecified atom stereocenters. The fraction of sp³-hybridized carbons (Fsp3) is 0.643. The van der Waals surface area contributed by atoms with Gasteiger partial charge in [-0.1, -0.05) is 13.8 Å². The van der Waals surface area contributed by atoms with Crippen molar-refractivity contribution < 1.29 is 4.74 Å². The van der Waals surface area contributed by atoms with Crippen molar-refractivity contribution in [3.63, 3.8) is 0 Å². The number of anilines is 1. The minimum Gasteiger partial charge on any atom is -0.383 e. The smallest absolute Gasteiger partial charge is 0.133 e. The zero-order valence-corrected chi connectivity index (χ0v) is 14.0. The van der Waals surface area contributed by atoms with Gasteiger partial charge in [0, 0.05) is 43.0 Å². The van der Waals surface area contributed by atoms with Crippen molar-refractivity contribution in [1.29, 1.82) is 0 Å². The molecule has 0 saturated heterocycles. The van der Waals surface area contributed by atoms with Crippen LogP contribution in [-0.4, -0.2) is 37.8 Å². The van der Waals surface area contributed by atoms with Crippen LogP contribution in [0.2, 0.25) is 0 Å². The van der Waals surface area contributed by atoms with Gasteiger partial charge in [-0.2, -0.15) is 0 Å². The molecule has 0 aliphatic rings. The SMILES string of the molecule is COCC(C)N(C)c1ncc(Br)cc1CNC(C)C. The van der Waals surface area contributed by atoms with Gasteiger partial charge in [0.2, 0.25) is 0 Å². The third-order valence-corrected chi connectivity index (χ3v) is 3.45. The van der Waals surface area contributed by atoms with Crippen LogP contribution in [0.4, 0.5) is 5.82 Å². The van der Waals surface area contributed by atoms with Gasteiger partial charge in [-0.05, 0) is 28.9 Å². The highest BCUT2D eigenvalue weighted by atomic mass is 79.9. The van der Waals surface area contributed by atoms with Gasteiger partial charge in [0.1, 0.15) is 5.82 Å². The van der Waals surface area contributed by atoms with Crippen LogP contribution < -0.4 is 10.2 Å². The Labute approximate surface area is 124 Å². The Morgan fingerprint density at radius 1 is 1.42 bits per heavy atom. The Kier molecular flexibility index (Phi) is 6.75. The maximum absolute atomic E-state index is 5.21. The number of hydrogen-bond donors (Lipinski definition) is 1. The van der Waals surface area contributed by atoms with Gasteiger partial charge in [0.15, 0.2) is 0 Å². The molecule has 1 rings (SSSR count). The fourth-order valence-corrected chi connectivity index (χ4v) is 2.18. The van der Waals surface area contributed by atoms with Gasteiger partial charge in [0.25, 0.3) is 0 Å². The van der Waals surface area contributed by atoms with E-state index in [1.54, 1.807) is 7.11 Å². The van der Waals surface area contributed by atoms with Crippen LogP contribution in [0.5, 0.6) is 0 Å². The van der Waals surface area contributed by atoms with Crippen molar-refractivity contribution in [3.05, 3.63) is 22.3 Å². The average Bonchev–Trinajstić information content (AvgIpc) is 2.36. The molecule has 1 atom stereocenters. The molecule has 0 radical (unpaired) electrons. The molecular weight excluding hydrogens is 306 g/mol. The predicted molar refractivity (Wildman–Crippen MR) is 83.7 cm³/mol. The summed E-state index contributed by atoms with van der Waals surface area (Å²) in [4.78, 5) is 6.70. The van der Waals surface area contributed by atoms with Gasteiger partial charge in [-0.15, -0.1) is 0 Å². The molecule has 0 amide bonds. The largest absolute Gasteiger partial charge is 0.383 e. The fourth-order valence-electron chi connectivity index (χ4n) is 1.80. The summed E-state index contributed by atoms with van der Waals surface area (Å²) in [6.07, 6.45) is 1.84. The van der Waals surface area contributed by atoms with E-state index in [-0.39, 0.29) is 6.04 Å². The highest BCUT2D eigenvalue weighted by Crippen LogP contribution is 2.22. The van der Waals surface area contributed by atoms with E-state index in [9.17, 15) is 0 Å². The number of rotatable bonds is 7. The first-order valence-corrected chi connectivity index (χ1v) is 7.34. The van der Waals surface area contributed by atoms with E-state index in [4.69, 9.17) is 4.74 Å². The average molecular weight is 330 g/mol. The number of pyridine rings is 1. The molecule has 0 aromatic carbocycles. The first-order chi connectivity index (χ1) is 8.95. The topological polar surface area (TPSA) is 37.4 Å². The molecule has 1 aromatic heterocycles. The zero-order chi connectivity index (χ0) is 14.4. The van der Waals surface area contributed by atoms with E-state index in [0.717, 1.165) is 16.8 Å². The summed E-state index contributed by atoms with van der Waals surface area (Å²) in [6.45, 7) is 7.91. The number of hydrogen-bond acceptors (Lipinski definition) is 4. The van der Waals surface area contributed by atoms with Crippen LogP contribution in [0.15, 0.2) is 16.7 Å². The molecular formula is C14H24BrN3O. The van der Waals surface area contributed by atoms with Gasteiger partial charge in [-0.3, -0.25) is 0 Å². The van der Waals surface area contributed by atoms with Crippen LogP contribution in [0.25, 0.3) is 0 Å². The third-order valence-electron chi connectivity index (χ3n) is 3.01. The monoisotopic (exact) mass is 329 g/mol. The van der Waals surface area contributed by atoms with Crippen molar-refractivity contribution in [2.45, 2.75) is 39.4 Å². The Hall–Kier alpha value is -0.650. The molecule has 1 heterocycles. The van der Waals surface area contributed by atoms with Gasteiger partial charge in [-0.25, -0.2) is 4.98 Å². The lowest BCUT2D eigenvalue weighted by molar-refractivity contribution is 0.183. The summed E-state index contributed by atoms with van der Waals surface area (Å²) in [5.41, 5.74) is 1.19. The van der Waals surface area contributed by atoms with E-state index in [2.05, 4.69) is 65.0 Å². The van der Waals surface area contributed by atoms with Crippen LogP contribution in [-0.2, 0) is 11.3 Å². The molecule has 0 spiro atoms. The number of halogens is 1. The second-order valence-electron chi connectivity index (χ2n) is 5.09. The molecule has 108 valence electrons. The lowest BCUT2D eigenvalue weighted by Gasteiger charge is -2.27. The van der Waals surface area contributed by atoms with Crippen molar-refractivity contribution in [2.75, 3.05) is 25.7 Å². The second kappa shape index (κ2) is 7.82. The molecule has 5 heteroatoms. The molecule has 0 fully saturated rings. The quantitative estimate of drug-likeness (QED) is 0.834. The summed E-state index contributed by atoms with van der Waals surface area (Å²) in [5, 5.41) is 3.44. The first-order valence-electron chi connectivity index (χ1n) is 6.55. The van der Waals surface area contributed by atoms with Crippen molar-refractivity contribution in [1.82, 2.24) is 10.3 Å². The molecule has 0 bridgehead atoms. The van der Waals surface area contributed by atoms with Gasteiger partial charge < -0.3 is 15.0 Å². The molecule has 0 saturated carbocycles. The minimum absolute atomic E-state index is 0.288. The van der Waals surface area contributed by atoms with E-state index in [1.165, 1.54) is 5.56 Å². The van der Waals surface area contributed by atoms with Crippen molar-refractivity contribution >= 4 is 21.7 Å². The molecule has 0 aliphatic carbocycles. The van der Waals surface area contributed by atoms with E-state index < -0.39 is 0 Å². The zero-order valence-electron chi connectivity index (χ0n) is 12.4. The summed E-state index contributed by atoms with van der Waals surface area (Å²) in [6, 6.07) is 2.86. The molecule has 4 nitrogen and oxygen atoms in total. The van der Waals surface area contributed by atoms with Crippen LogP contribution in [0, 0.1) is 0 Å². The van der Waals surface area contributed by atoms with Crippen molar-refractivity contribution in [3.8, 4) is 0 Å². The predicted octanol–water partition coefficient (Wildman–Crippen LogP) is 2.81. The molecule has 1 aromatic rings. The van der Waals surface area contributed by atoms with E-state index >= 15 is 0 Å². The second-order valence-corrected chi connectivity index (χ2v) is 6.00. The summed E-state index contributed by atoms with van der Waals surface area (Å²) in [7, 11) is 3.78. The minimum atomic E-state index is 0.288. The van der Waals surface area contributed by atoms with E-state index in [1.807, 2.05) is 6.20 Å². The van der Waals surface area contributed by atoms with Crippen molar-refractivity contribution in [2.24, 2.45) is 0 Å². The number of likely N-dealkylation sites (N-methyl/N-ethyl adjacent to an activating group) is 1. The highest BCUT2D eigenvalue weighted by molar-refractivity contribution is 9.10. The number of methoxy groups -OCH3 is 1. The summed E-state index contributed by atoms with van der Waals surface area (Å²) < 4.78 is 6.22. The summed E-state index contributed by atoms with van der Waals surface area (Å²) in [5.74, 6) is 1.00. The highest BCUT2D eigenvalue weighted by Gasteiger charge is 2.15. The Morgan fingerprint density at radius 2 is 2.11 bits per heavy atom. The lowest BCUT2D eigenvalue weighted by Crippen LogP contribution is -2.34. The van der Waals surface area contributed by atoms with Gasteiger partial charge >= 0.3 is 0 Å². The number of nitrogens with one attached hydrogen (secondary N) is 1. The molecule has 0 aliphatic heterocycles. The Morgan fingerprint density at radius 3 is 2.68 bits per heavy atom. The van der Waals surface area contributed by atoms with Crippen LogP contribution in [0.3, 0.4) is 0 Å². The summed E-state index contributed by atoms with van der Waals surface area (Å²) >= 11 is 3.49. The Bertz CT molecular complexity index is 398.